The second-order valence-electron chi connectivity index (χ2n) is 6.65. The Labute approximate surface area is 160 Å². The van der Waals surface area contributed by atoms with Crippen molar-refractivity contribution in [3.8, 4) is 0 Å². The summed E-state index contributed by atoms with van der Waals surface area (Å²) in [5, 5.41) is 14.9. The molecule has 8 nitrogen and oxygen atoms in total. The summed E-state index contributed by atoms with van der Waals surface area (Å²) in [4.78, 5) is 24.5. The first-order chi connectivity index (χ1) is 13.0. The molecule has 0 aromatic heterocycles. The monoisotopic (exact) mass is 380 g/mol. The van der Waals surface area contributed by atoms with E-state index in [1.165, 1.54) is 10.6 Å². The second-order valence-corrected chi connectivity index (χ2v) is 6.65. The minimum absolute atomic E-state index is 0.0170. The van der Waals surface area contributed by atoms with Crippen LogP contribution in [0.3, 0.4) is 0 Å². The number of aliphatic hydroxyl groups excluding tert-OH is 1. The Hall–Kier alpha value is -2.32. The van der Waals surface area contributed by atoms with Crippen LogP contribution in [0.15, 0.2) is 30.3 Å². The van der Waals surface area contributed by atoms with E-state index >= 15 is 0 Å². The number of nitrogens with two attached hydrogens (primary N) is 1. The number of benzene rings is 1. The summed E-state index contributed by atoms with van der Waals surface area (Å²) in [6.45, 7) is 6.01. The van der Waals surface area contributed by atoms with Crippen molar-refractivity contribution in [3.63, 3.8) is 0 Å². The van der Waals surface area contributed by atoms with Crippen molar-refractivity contribution in [2.75, 3.05) is 26.3 Å². The van der Waals surface area contributed by atoms with Gasteiger partial charge in [-0.1, -0.05) is 30.3 Å². The van der Waals surface area contributed by atoms with Gasteiger partial charge in [0.15, 0.2) is 0 Å². The summed E-state index contributed by atoms with van der Waals surface area (Å²) in [5.41, 5.74) is 1.21. The average Bonchev–Trinajstić information content (AvgIpc) is 2.64. The molecule has 2 rings (SSSR count). The molecule has 27 heavy (non-hydrogen) atoms. The van der Waals surface area contributed by atoms with E-state index in [2.05, 4.69) is 19.1 Å². The SMILES string of the molecule is CCOC(=O)N1C[C@@H](O)[C@@H]([NH2+][C@@H](C)Cc2ccccc2)CN1C(=O)OCC. The van der Waals surface area contributed by atoms with Crippen LogP contribution in [0.5, 0.6) is 0 Å². The van der Waals surface area contributed by atoms with Crippen molar-refractivity contribution in [2.45, 2.75) is 45.4 Å². The number of carbonyl (C=O) groups excluding carboxylic acids is 2. The normalized spacial score (nSPS) is 20.9. The molecule has 0 bridgehead atoms. The van der Waals surface area contributed by atoms with E-state index in [9.17, 15) is 14.7 Å². The lowest BCUT2D eigenvalue weighted by atomic mass is 10.0. The van der Waals surface area contributed by atoms with Crippen molar-refractivity contribution in [2.24, 2.45) is 0 Å². The van der Waals surface area contributed by atoms with Gasteiger partial charge >= 0.3 is 12.2 Å². The van der Waals surface area contributed by atoms with Crippen LogP contribution in [-0.4, -0.2) is 71.8 Å². The number of hydrogen-bond donors (Lipinski definition) is 2. The molecule has 1 aromatic rings. The van der Waals surface area contributed by atoms with Crippen LogP contribution in [0, 0.1) is 0 Å². The summed E-state index contributed by atoms with van der Waals surface area (Å²) in [6.07, 6.45) is -1.23. The van der Waals surface area contributed by atoms with Gasteiger partial charge in [0, 0.05) is 6.42 Å². The highest BCUT2D eigenvalue weighted by Crippen LogP contribution is 2.14. The number of amides is 2. The van der Waals surface area contributed by atoms with E-state index in [0.717, 1.165) is 11.4 Å². The lowest BCUT2D eigenvalue weighted by molar-refractivity contribution is -0.726. The molecule has 1 heterocycles. The first-order valence-electron chi connectivity index (χ1n) is 9.41. The van der Waals surface area contributed by atoms with Gasteiger partial charge in [-0.05, 0) is 26.3 Å². The van der Waals surface area contributed by atoms with Gasteiger partial charge < -0.3 is 19.9 Å². The molecule has 1 aliphatic rings. The van der Waals surface area contributed by atoms with Gasteiger partial charge in [0.2, 0.25) is 0 Å². The Balaban J connectivity index is 2.05. The molecule has 1 aliphatic heterocycles. The Morgan fingerprint density at radius 3 is 2.22 bits per heavy atom. The van der Waals surface area contributed by atoms with Crippen LogP contribution in [-0.2, 0) is 15.9 Å². The van der Waals surface area contributed by atoms with E-state index in [4.69, 9.17) is 9.47 Å². The van der Waals surface area contributed by atoms with Crippen LogP contribution in [0.1, 0.15) is 26.3 Å². The van der Waals surface area contributed by atoms with Crippen LogP contribution in [0.4, 0.5) is 9.59 Å². The third-order valence-corrected chi connectivity index (χ3v) is 4.46. The first-order valence-corrected chi connectivity index (χ1v) is 9.41. The molecule has 0 spiro atoms. The summed E-state index contributed by atoms with van der Waals surface area (Å²) in [7, 11) is 0. The molecule has 1 saturated heterocycles. The predicted molar refractivity (Wildman–Crippen MR) is 98.8 cm³/mol. The Kier molecular flexibility index (Phi) is 7.87. The molecule has 2 amide bonds. The van der Waals surface area contributed by atoms with Crippen molar-refractivity contribution in [1.82, 2.24) is 10.0 Å². The van der Waals surface area contributed by atoms with Crippen molar-refractivity contribution < 1.29 is 29.5 Å². The fraction of sp³-hybridized carbons (Fsp3) is 0.579. The Morgan fingerprint density at radius 1 is 1.11 bits per heavy atom. The van der Waals surface area contributed by atoms with E-state index in [0.29, 0.717) is 0 Å². The molecule has 8 heteroatoms. The number of hydrogen-bond acceptors (Lipinski definition) is 5. The molecular formula is C19H30N3O5+. The average molecular weight is 380 g/mol. The molecule has 0 aliphatic carbocycles. The van der Waals surface area contributed by atoms with Gasteiger partial charge in [0.1, 0.15) is 18.7 Å². The quantitative estimate of drug-likeness (QED) is 0.760. The van der Waals surface area contributed by atoms with Crippen LogP contribution in [0.2, 0.25) is 0 Å². The largest absolute Gasteiger partial charge is 0.448 e. The summed E-state index contributed by atoms with van der Waals surface area (Å²) in [5.74, 6) is 0. The fourth-order valence-electron chi connectivity index (χ4n) is 3.24. The van der Waals surface area contributed by atoms with Gasteiger partial charge in [-0.3, -0.25) is 0 Å². The molecule has 3 atom stereocenters. The molecule has 0 saturated carbocycles. The highest BCUT2D eigenvalue weighted by Gasteiger charge is 2.42. The second kappa shape index (κ2) is 10.1. The Morgan fingerprint density at radius 2 is 1.67 bits per heavy atom. The summed E-state index contributed by atoms with van der Waals surface area (Å²) >= 11 is 0. The maximum Gasteiger partial charge on any atom is 0.429 e. The van der Waals surface area contributed by atoms with Gasteiger partial charge in [-0.25, -0.2) is 19.6 Å². The standard InChI is InChI=1S/C19H29N3O5/c1-4-26-18(24)21-12-16(17(23)13-22(21)19(25)27-5-2)20-14(3)11-15-9-7-6-8-10-15/h6-10,14,16-17,20,23H,4-5,11-13H2,1-3H3/p+1/t14-,16-,17+/m0/s1. The summed E-state index contributed by atoms with van der Waals surface area (Å²) in [6, 6.07) is 10.0. The van der Waals surface area contributed by atoms with Gasteiger partial charge in [0.25, 0.3) is 0 Å². The zero-order valence-corrected chi connectivity index (χ0v) is 16.2. The third kappa shape index (κ3) is 5.83. The zero-order chi connectivity index (χ0) is 19.8. The number of ether oxygens (including phenoxy) is 2. The number of rotatable bonds is 6. The summed E-state index contributed by atoms with van der Waals surface area (Å²) < 4.78 is 10.1. The molecular weight excluding hydrogens is 350 g/mol. The van der Waals surface area contributed by atoms with E-state index in [1.807, 2.05) is 23.5 Å². The minimum atomic E-state index is -0.779. The number of aliphatic hydroxyl groups is 1. The minimum Gasteiger partial charge on any atom is -0.448 e. The van der Waals surface area contributed by atoms with Gasteiger partial charge in [-0.2, -0.15) is 0 Å². The van der Waals surface area contributed by atoms with Gasteiger partial charge in [-0.15, -0.1) is 0 Å². The molecule has 150 valence electrons. The maximum absolute atomic E-state index is 12.3. The molecule has 0 radical (unpaired) electrons. The van der Waals surface area contributed by atoms with Crippen LogP contribution in [0.25, 0.3) is 0 Å². The maximum atomic E-state index is 12.3. The molecule has 1 aromatic carbocycles. The number of hydrazine groups is 1. The van der Waals surface area contributed by atoms with E-state index in [-0.39, 0.29) is 38.4 Å². The smallest absolute Gasteiger partial charge is 0.429 e. The van der Waals surface area contributed by atoms with Crippen LogP contribution >= 0.6 is 0 Å². The van der Waals surface area contributed by atoms with Gasteiger partial charge in [0.05, 0.1) is 25.8 Å². The number of β-amino-alcohol motifs (C(OH)–C–C–N with tert-alkyl or cyclic N) is 1. The highest BCUT2D eigenvalue weighted by molar-refractivity contribution is 5.74. The highest BCUT2D eigenvalue weighted by atomic mass is 16.6. The van der Waals surface area contributed by atoms with Crippen LogP contribution < -0.4 is 5.32 Å². The lowest BCUT2D eigenvalue weighted by Gasteiger charge is -2.41. The van der Waals surface area contributed by atoms with Crippen molar-refractivity contribution in [3.05, 3.63) is 35.9 Å². The first kappa shape index (κ1) is 21.0. The molecule has 3 N–H and O–H groups in total. The Bertz CT molecular complexity index is 613. The van der Waals surface area contributed by atoms with E-state index < -0.39 is 18.3 Å². The topological polar surface area (TPSA) is 95.9 Å². The predicted octanol–water partition coefficient (Wildman–Crippen LogP) is 0.756. The molecule has 0 unspecified atom stereocenters. The number of nitrogens with zero attached hydrogens (tertiary/aromatic N) is 2. The zero-order valence-electron chi connectivity index (χ0n) is 16.2. The number of carbonyl (C=O) groups is 2. The number of quaternary nitrogens is 1. The van der Waals surface area contributed by atoms with E-state index in [1.54, 1.807) is 13.8 Å². The molecule has 1 fully saturated rings. The fourth-order valence-corrected chi connectivity index (χ4v) is 3.24. The lowest BCUT2D eigenvalue weighted by Crippen LogP contribution is -2.99. The van der Waals surface area contributed by atoms with Crippen molar-refractivity contribution in [1.29, 1.82) is 0 Å². The van der Waals surface area contributed by atoms with Crippen molar-refractivity contribution >= 4 is 12.2 Å². The third-order valence-electron chi connectivity index (χ3n) is 4.46.